The van der Waals surface area contributed by atoms with Crippen LogP contribution in [0.2, 0.25) is 0 Å². The number of carbonyl (C=O) groups is 2. The van der Waals surface area contributed by atoms with Crippen molar-refractivity contribution in [1.82, 2.24) is 0 Å². The first-order chi connectivity index (χ1) is 15.1. The Bertz CT molecular complexity index is 1170. The number of fused-ring (bicyclic) bond motifs is 1. The second kappa shape index (κ2) is 7.72. The lowest BCUT2D eigenvalue weighted by Crippen LogP contribution is -2.41. The van der Waals surface area contributed by atoms with E-state index >= 15 is 0 Å². The van der Waals surface area contributed by atoms with Gasteiger partial charge in [0, 0.05) is 0 Å². The number of hydrogen-bond donors (Lipinski definition) is 1. The standard InChI is InChI=1S/C23H16N2O4S2/c1-29-17-13-12-16(26)19-20(17)31-23(30-19)18-21(27)24(14-8-4-2-5-9-14)25(22(18)28)15-10-6-3-7-11-15/h2-13,26H,1H3. The Kier molecular flexibility index (Phi) is 4.88. The van der Waals surface area contributed by atoms with Crippen LogP contribution in [0.15, 0.2) is 92.4 Å². The van der Waals surface area contributed by atoms with Crippen LogP contribution >= 0.6 is 23.5 Å². The predicted octanol–water partition coefficient (Wildman–Crippen LogP) is 4.81. The number of rotatable bonds is 3. The van der Waals surface area contributed by atoms with Gasteiger partial charge >= 0.3 is 0 Å². The molecule has 2 aliphatic rings. The summed E-state index contributed by atoms with van der Waals surface area (Å²) >= 11 is 2.47. The van der Waals surface area contributed by atoms with Crippen molar-refractivity contribution in [3.05, 3.63) is 82.6 Å². The minimum Gasteiger partial charge on any atom is -0.507 e. The zero-order chi connectivity index (χ0) is 21.5. The van der Waals surface area contributed by atoms with Crippen LogP contribution in [0.25, 0.3) is 0 Å². The lowest BCUT2D eigenvalue weighted by atomic mass is 10.2. The largest absolute Gasteiger partial charge is 0.507 e. The van der Waals surface area contributed by atoms with Crippen LogP contribution in [0.5, 0.6) is 11.5 Å². The van der Waals surface area contributed by atoms with Gasteiger partial charge in [0.1, 0.15) is 17.1 Å². The molecule has 2 amide bonds. The summed E-state index contributed by atoms with van der Waals surface area (Å²) in [6.07, 6.45) is 0. The smallest absolute Gasteiger partial charge is 0.284 e. The minimum absolute atomic E-state index is 0.0698. The maximum atomic E-state index is 13.6. The highest BCUT2D eigenvalue weighted by atomic mass is 32.2. The Labute approximate surface area is 187 Å². The number of phenols is 1. The molecule has 154 valence electrons. The molecule has 1 fully saturated rings. The van der Waals surface area contributed by atoms with Gasteiger partial charge in [-0.25, -0.2) is 10.0 Å². The van der Waals surface area contributed by atoms with Crippen LogP contribution in [-0.4, -0.2) is 24.0 Å². The van der Waals surface area contributed by atoms with E-state index in [9.17, 15) is 14.7 Å². The molecule has 0 unspecified atom stereocenters. The number of para-hydroxylation sites is 2. The summed E-state index contributed by atoms with van der Waals surface area (Å²) in [7, 11) is 1.54. The van der Waals surface area contributed by atoms with Gasteiger partial charge in [0.25, 0.3) is 11.8 Å². The Balaban J connectivity index is 1.65. The average molecular weight is 449 g/mol. The average Bonchev–Trinajstić information content (AvgIpc) is 3.34. The molecule has 2 aliphatic heterocycles. The van der Waals surface area contributed by atoms with E-state index in [2.05, 4.69) is 0 Å². The van der Waals surface area contributed by atoms with Crippen molar-refractivity contribution in [2.45, 2.75) is 9.79 Å². The van der Waals surface area contributed by atoms with E-state index in [1.54, 1.807) is 43.5 Å². The number of hydrogen-bond acceptors (Lipinski definition) is 6. The highest BCUT2D eigenvalue weighted by Gasteiger charge is 2.46. The number of benzene rings is 3. The first-order valence-electron chi connectivity index (χ1n) is 9.39. The molecule has 6 nitrogen and oxygen atoms in total. The van der Waals surface area contributed by atoms with Gasteiger partial charge in [0.2, 0.25) is 0 Å². The van der Waals surface area contributed by atoms with Crippen LogP contribution in [0.1, 0.15) is 0 Å². The molecule has 0 bridgehead atoms. The molecule has 2 heterocycles. The van der Waals surface area contributed by atoms with E-state index in [1.165, 1.54) is 33.5 Å². The molecular formula is C23H16N2O4S2. The molecule has 0 radical (unpaired) electrons. The van der Waals surface area contributed by atoms with Crippen molar-refractivity contribution >= 4 is 46.7 Å². The van der Waals surface area contributed by atoms with Crippen LogP contribution in [-0.2, 0) is 9.59 Å². The second-order valence-electron chi connectivity index (χ2n) is 6.72. The Morgan fingerprint density at radius 2 is 1.26 bits per heavy atom. The van der Waals surface area contributed by atoms with Gasteiger partial charge in [-0.2, -0.15) is 0 Å². The molecule has 0 spiro atoms. The van der Waals surface area contributed by atoms with Crippen LogP contribution in [0, 0.1) is 0 Å². The predicted molar refractivity (Wildman–Crippen MR) is 121 cm³/mol. The molecule has 1 N–H and O–H groups in total. The van der Waals surface area contributed by atoms with Gasteiger partial charge < -0.3 is 9.84 Å². The number of hydrazine groups is 1. The third kappa shape index (κ3) is 3.15. The second-order valence-corrected chi connectivity index (χ2v) is 9.02. The maximum absolute atomic E-state index is 13.6. The van der Waals surface area contributed by atoms with E-state index in [-0.39, 0.29) is 11.3 Å². The fraction of sp³-hybridized carbons (Fsp3) is 0.0435. The Hall–Kier alpha value is -3.36. The Morgan fingerprint density at radius 3 is 1.77 bits per heavy atom. The molecule has 3 aromatic carbocycles. The number of ether oxygens (including phenoxy) is 1. The zero-order valence-corrected chi connectivity index (χ0v) is 17.9. The summed E-state index contributed by atoms with van der Waals surface area (Å²) in [5.74, 6) is -0.164. The summed E-state index contributed by atoms with van der Waals surface area (Å²) in [4.78, 5) is 28.4. The molecule has 0 aromatic heterocycles. The normalized spacial score (nSPS) is 15.6. The third-order valence-corrected chi connectivity index (χ3v) is 7.52. The van der Waals surface area contributed by atoms with Crippen LogP contribution in [0.4, 0.5) is 11.4 Å². The fourth-order valence-electron chi connectivity index (χ4n) is 3.46. The van der Waals surface area contributed by atoms with Gasteiger partial charge in [-0.05, 0) is 36.4 Å². The van der Waals surface area contributed by atoms with Gasteiger partial charge in [-0.15, -0.1) is 0 Å². The summed E-state index contributed by atoms with van der Waals surface area (Å²) in [5, 5.41) is 13.1. The van der Waals surface area contributed by atoms with Crippen molar-refractivity contribution in [3.8, 4) is 11.5 Å². The van der Waals surface area contributed by atoms with Crippen molar-refractivity contribution < 1.29 is 19.4 Å². The molecule has 31 heavy (non-hydrogen) atoms. The molecule has 0 aliphatic carbocycles. The van der Waals surface area contributed by atoms with Crippen molar-refractivity contribution in [2.24, 2.45) is 0 Å². The molecular weight excluding hydrogens is 432 g/mol. The monoisotopic (exact) mass is 448 g/mol. The van der Waals surface area contributed by atoms with Crippen molar-refractivity contribution in [3.63, 3.8) is 0 Å². The number of phenolic OH excluding ortho intramolecular Hbond substituents is 1. The van der Waals surface area contributed by atoms with E-state index in [0.717, 1.165) is 0 Å². The maximum Gasteiger partial charge on any atom is 0.284 e. The quantitative estimate of drug-likeness (QED) is 0.458. The lowest BCUT2D eigenvalue weighted by Gasteiger charge is -2.27. The molecule has 8 heteroatoms. The Morgan fingerprint density at radius 1 is 0.742 bits per heavy atom. The fourth-order valence-corrected chi connectivity index (χ4v) is 6.12. The van der Waals surface area contributed by atoms with Gasteiger partial charge in [0.05, 0.1) is 32.5 Å². The summed E-state index contributed by atoms with van der Waals surface area (Å²) in [6.45, 7) is 0. The van der Waals surface area contributed by atoms with E-state index in [1.807, 2.05) is 36.4 Å². The number of aromatic hydroxyl groups is 1. The van der Waals surface area contributed by atoms with Crippen molar-refractivity contribution in [2.75, 3.05) is 17.1 Å². The zero-order valence-electron chi connectivity index (χ0n) is 16.3. The summed E-state index contributed by atoms with van der Waals surface area (Å²) in [5.41, 5.74) is 1.25. The van der Waals surface area contributed by atoms with E-state index in [4.69, 9.17) is 4.74 Å². The van der Waals surface area contributed by atoms with Gasteiger partial charge in [-0.1, -0.05) is 59.9 Å². The third-order valence-electron chi connectivity index (χ3n) is 4.88. The van der Waals surface area contributed by atoms with Crippen LogP contribution < -0.4 is 14.8 Å². The lowest BCUT2D eigenvalue weighted by molar-refractivity contribution is -0.116. The van der Waals surface area contributed by atoms with E-state index in [0.29, 0.717) is 31.2 Å². The number of methoxy groups -OCH3 is 1. The first-order valence-corrected chi connectivity index (χ1v) is 11.0. The molecule has 1 saturated heterocycles. The van der Waals surface area contributed by atoms with Crippen molar-refractivity contribution in [1.29, 1.82) is 0 Å². The minimum atomic E-state index is -0.415. The molecule has 0 saturated carbocycles. The van der Waals surface area contributed by atoms with Crippen LogP contribution in [0.3, 0.4) is 0 Å². The first kappa shape index (κ1) is 19.6. The number of thioether (sulfide) groups is 2. The topological polar surface area (TPSA) is 70.1 Å². The molecule has 3 aromatic rings. The highest BCUT2D eigenvalue weighted by molar-refractivity contribution is 8.25. The molecule has 0 atom stereocenters. The van der Waals surface area contributed by atoms with Gasteiger partial charge in [0.15, 0.2) is 0 Å². The highest BCUT2D eigenvalue weighted by Crippen LogP contribution is 2.59. The SMILES string of the molecule is COc1ccc(O)c2c1SC(=C1C(=O)N(c3ccccc3)N(c3ccccc3)C1=O)S2. The number of carbonyl (C=O) groups excluding carboxylic acids is 2. The number of amides is 2. The van der Waals surface area contributed by atoms with E-state index < -0.39 is 11.8 Å². The number of nitrogens with zero attached hydrogens (tertiary/aromatic N) is 2. The number of anilines is 2. The molecule has 5 rings (SSSR count). The van der Waals surface area contributed by atoms with Gasteiger partial charge in [-0.3, -0.25) is 9.59 Å². The summed E-state index contributed by atoms with van der Waals surface area (Å²) < 4.78 is 5.92. The summed E-state index contributed by atoms with van der Waals surface area (Å²) in [6, 6.07) is 21.3.